The maximum atomic E-state index is 4.77. The predicted octanol–water partition coefficient (Wildman–Crippen LogP) is 3.44. The Morgan fingerprint density at radius 3 is 2.42 bits per heavy atom. The molecule has 0 aliphatic carbocycles. The summed E-state index contributed by atoms with van der Waals surface area (Å²) >= 11 is 0. The first-order valence-electron chi connectivity index (χ1n) is 4.81. The molecule has 0 aromatic rings. The number of unbranched alkanes of at least 4 members (excludes halogenated alkanes) is 5. The van der Waals surface area contributed by atoms with Gasteiger partial charge >= 0.3 is 0 Å². The van der Waals surface area contributed by atoms with Gasteiger partial charge in [-0.1, -0.05) is 45.6 Å². The summed E-state index contributed by atoms with van der Waals surface area (Å²) in [5.41, 5.74) is 0. The molecule has 0 amide bonds. The summed E-state index contributed by atoms with van der Waals surface area (Å²) in [7, 11) is 0. The van der Waals surface area contributed by atoms with Crippen LogP contribution in [0.5, 0.6) is 0 Å². The van der Waals surface area contributed by atoms with E-state index < -0.39 is 0 Å². The van der Waals surface area contributed by atoms with Gasteiger partial charge in [-0.2, -0.15) is 4.89 Å². The zero-order chi connectivity index (χ0) is 9.07. The maximum absolute atomic E-state index is 4.77. The number of hydrogen-bond donors (Lipinski definition) is 0. The molecule has 0 rings (SSSR count). The van der Waals surface area contributed by atoms with E-state index >= 15 is 0 Å². The molecule has 72 valence electrons. The van der Waals surface area contributed by atoms with Crippen LogP contribution < -0.4 is 0 Å². The van der Waals surface area contributed by atoms with Gasteiger partial charge in [-0.15, -0.1) is 0 Å². The Balaban J connectivity index is 2.77. The minimum absolute atomic E-state index is 0.679. The largest absolute Gasteiger partial charge is 0.346 e. The van der Waals surface area contributed by atoms with Gasteiger partial charge in [-0.05, 0) is 6.42 Å². The van der Waals surface area contributed by atoms with Crippen LogP contribution >= 0.6 is 0 Å². The van der Waals surface area contributed by atoms with Gasteiger partial charge in [0, 0.05) is 0 Å². The molecule has 0 unspecified atom stereocenters. The molecule has 0 aromatic carbocycles. The highest BCUT2D eigenvalue weighted by Gasteiger charge is 1.89. The predicted molar refractivity (Wildman–Crippen MR) is 50.6 cm³/mol. The van der Waals surface area contributed by atoms with E-state index in [1.54, 1.807) is 0 Å². The first kappa shape index (κ1) is 11.5. The van der Waals surface area contributed by atoms with Crippen molar-refractivity contribution in [2.75, 3.05) is 6.61 Å². The second-order valence-electron chi connectivity index (χ2n) is 2.85. The van der Waals surface area contributed by atoms with Crippen LogP contribution in [0.1, 0.15) is 45.4 Å². The quantitative estimate of drug-likeness (QED) is 0.229. The molecule has 0 fully saturated rings. The molecular formula is C10H20O2. The van der Waals surface area contributed by atoms with E-state index in [2.05, 4.69) is 18.4 Å². The molecular weight excluding hydrogens is 152 g/mol. The van der Waals surface area contributed by atoms with Crippen LogP contribution in [0.25, 0.3) is 0 Å². The summed E-state index contributed by atoms with van der Waals surface area (Å²) < 4.78 is 0. The summed E-state index contributed by atoms with van der Waals surface area (Å²) in [6.45, 7) is 6.27. The molecule has 2 heteroatoms. The molecule has 0 heterocycles. The van der Waals surface area contributed by atoms with Gasteiger partial charge in [0.15, 0.2) is 0 Å². The average Bonchev–Trinajstić information content (AvgIpc) is 2.10. The molecule has 0 aromatic heterocycles. The topological polar surface area (TPSA) is 18.5 Å². The van der Waals surface area contributed by atoms with Crippen molar-refractivity contribution in [1.82, 2.24) is 0 Å². The molecule has 0 aliphatic rings. The minimum Gasteiger partial charge on any atom is -0.346 e. The van der Waals surface area contributed by atoms with E-state index in [9.17, 15) is 0 Å². The molecule has 0 atom stereocenters. The first-order valence-corrected chi connectivity index (χ1v) is 4.81. The Bertz CT molecular complexity index is 91.8. The lowest BCUT2D eigenvalue weighted by Gasteiger charge is -2.00. The van der Waals surface area contributed by atoms with Crippen LogP contribution in [0.4, 0.5) is 0 Å². The molecule has 0 spiro atoms. The highest BCUT2D eigenvalue weighted by atomic mass is 17.2. The fourth-order valence-corrected chi connectivity index (χ4v) is 1.04. The lowest BCUT2D eigenvalue weighted by atomic mass is 10.1. The Kier molecular flexibility index (Phi) is 10.1. The molecule has 12 heavy (non-hydrogen) atoms. The van der Waals surface area contributed by atoms with Crippen molar-refractivity contribution in [1.29, 1.82) is 0 Å². The third-order valence-corrected chi connectivity index (χ3v) is 1.72. The molecule has 0 bridgehead atoms. The van der Waals surface area contributed by atoms with Crippen molar-refractivity contribution in [3.05, 3.63) is 12.8 Å². The van der Waals surface area contributed by atoms with Crippen LogP contribution in [0, 0.1) is 0 Å². The SMILES string of the molecule is C=COOCCCCCCCC. The van der Waals surface area contributed by atoms with Gasteiger partial charge in [-0.3, -0.25) is 0 Å². The third kappa shape index (κ3) is 9.50. The van der Waals surface area contributed by atoms with E-state index in [4.69, 9.17) is 4.89 Å². The van der Waals surface area contributed by atoms with Crippen LogP contribution in [0.2, 0.25) is 0 Å². The van der Waals surface area contributed by atoms with Crippen molar-refractivity contribution in [2.24, 2.45) is 0 Å². The standard InChI is InChI=1S/C10H20O2/c1-3-5-6-7-8-9-10-12-11-4-2/h4H,2-3,5-10H2,1H3. The van der Waals surface area contributed by atoms with Crippen molar-refractivity contribution < 1.29 is 9.78 Å². The van der Waals surface area contributed by atoms with E-state index in [0.29, 0.717) is 6.61 Å². The summed E-state index contributed by atoms with van der Waals surface area (Å²) in [4.78, 5) is 9.30. The van der Waals surface area contributed by atoms with Gasteiger partial charge in [0.1, 0.15) is 6.26 Å². The van der Waals surface area contributed by atoms with Crippen molar-refractivity contribution in [2.45, 2.75) is 45.4 Å². The monoisotopic (exact) mass is 172 g/mol. The van der Waals surface area contributed by atoms with E-state index in [1.165, 1.54) is 38.4 Å². The molecule has 0 saturated carbocycles. The third-order valence-electron chi connectivity index (χ3n) is 1.72. The molecule has 0 aliphatic heterocycles. The summed E-state index contributed by atoms with van der Waals surface area (Å²) in [6.07, 6.45) is 8.93. The van der Waals surface area contributed by atoms with Gasteiger partial charge < -0.3 is 4.89 Å². The van der Waals surface area contributed by atoms with Crippen molar-refractivity contribution >= 4 is 0 Å². The van der Waals surface area contributed by atoms with Gasteiger partial charge in [0.05, 0.1) is 6.61 Å². The summed E-state index contributed by atoms with van der Waals surface area (Å²) in [5.74, 6) is 0. The van der Waals surface area contributed by atoms with Crippen molar-refractivity contribution in [3.63, 3.8) is 0 Å². The van der Waals surface area contributed by atoms with Crippen LogP contribution in [0.3, 0.4) is 0 Å². The lowest BCUT2D eigenvalue weighted by molar-refractivity contribution is -0.248. The molecule has 2 nitrogen and oxygen atoms in total. The Morgan fingerprint density at radius 2 is 1.75 bits per heavy atom. The smallest absolute Gasteiger partial charge is 0.122 e. The van der Waals surface area contributed by atoms with Crippen molar-refractivity contribution in [3.8, 4) is 0 Å². The second kappa shape index (κ2) is 10.5. The molecule has 0 radical (unpaired) electrons. The highest BCUT2D eigenvalue weighted by molar-refractivity contribution is 4.44. The summed E-state index contributed by atoms with van der Waals surface area (Å²) in [5, 5.41) is 0. The first-order chi connectivity index (χ1) is 5.91. The Hall–Kier alpha value is -0.500. The number of hydrogen-bond acceptors (Lipinski definition) is 2. The van der Waals surface area contributed by atoms with E-state index in [-0.39, 0.29) is 0 Å². The second-order valence-corrected chi connectivity index (χ2v) is 2.85. The van der Waals surface area contributed by atoms with Gasteiger partial charge in [0.2, 0.25) is 0 Å². The van der Waals surface area contributed by atoms with E-state index in [0.717, 1.165) is 6.42 Å². The van der Waals surface area contributed by atoms with Crippen LogP contribution in [-0.2, 0) is 9.78 Å². The molecule has 0 saturated heterocycles. The lowest BCUT2D eigenvalue weighted by Crippen LogP contribution is -1.91. The van der Waals surface area contributed by atoms with Crippen LogP contribution in [0.15, 0.2) is 12.8 Å². The summed E-state index contributed by atoms with van der Waals surface area (Å²) in [6, 6.07) is 0. The van der Waals surface area contributed by atoms with Gasteiger partial charge in [-0.25, -0.2) is 0 Å². The zero-order valence-electron chi connectivity index (χ0n) is 8.05. The average molecular weight is 172 g/mol. The normalized spacial score (nSPS) is 9.75. The van der Waals surface area contributed by atoms with Crippen LogP contribution in [-0.4, -0.2) is 6.61 Å². The Morgan fingerprint density at radius 1 is 1.08 bits per heavy atom. The number of rotatable bonds is 9. The highest BCUT2D eigenvalue weighted by Crippen LogP contribution is 2.04. The fourth-order valence-electron chi connectivity index (χ4n) is 1.04. The Labute approximate surface area is 75.5 Å². The maximum Gasteiger partial charge on any atom is 0.122 e. The minimum atomic E-state index is 0.679. The molecule has 0 N–H and O–H groups in total. The van der Waals surface area contributed by atoms with Gasteiger partial charge in [0.25, 0.3) is 0 Å². The zero-order valence-corrected chi connectivity index (χ0v) is 8.05. The van der Waals surface area contributed by atoms with E-state index in [1.807, 2.05) is 0 Å². The fraction of sp³-hybridized carbons (Fsp3) is 0.800.